The Kier molecular flexibility index (Phi) is 3.03. The number of phenolic OH excluding ortho intramolecular Hbond substituents is 1. The van der Waals surface area contributed by atoms with Gasteiger partial charge >= 0.3 is 5.69 Å². The second-order valence-electron chi connectivity index (χ2n) is 4.16. The highest BCUT2D eigenvalue weighted by Gasteiger charge is 2.23. The van der Waals surface area contributed by atoms with Crippen LogP contribution in [-0.4, -0.2) is 24.1 Å². The summed E-state index contributed by atoms with van der Waals surface area (Å²) in [6, 6.07) is 4.27. The van der Waals surface area contributed by atoms with E-state index < -0.39 is 4.92 Å². The van der Waals surface area contributed by atoms with Gasteiger partial charge in [0.05, 0.1) is 25.2 Å². The fourth-order valence-electron chi connectivity index (χ4n) is 1.64. The van der Waals surface area contributed by atoms with Gasteiger partial charge in [-0.05, 0) is 18.2 Å². The first kappa shape index (κ1) is 12.1. The van der Waals surface area contributed by atoms with E-state index in [1.165, 1.54) is 18.2 Å². The molecule has 18 heavy (non-hydrogen) atoms. The lowest BCUT2D eigenvalue weighted by Crippen LogP contribution is -3.00. The van der Waals surface area contributed by atoms with E-state index in [0.717, 1.165) is 4.90 Å². The second-order valence-corrected chi connectivity index (χ2v) is 4.16. The van der Waals surface area contributed by atoms with Crippen LogP contribution in [-0.2, 0) is 0 Å². The molecule has 0 atom stereocenters. The lowest BCUT2D eigenvalue weighted by Gasteiger charge is -1.95. The quantitative estimate of drug-likeness (QED) is 0.632. The zero-order chi connectivity index (χ0) is 13.3. The van der Waals surface area contributed by atoms with Crippen LogP contribution in [0.25, 0.3) is 17.0 Å². The van der Waals surface area contributed by atoms with E-state index in [2.05, 4.69) is 0 Å². The maximum Gasteiger partial charge on any atom is 0.322 e. The molecule has 0 aliphatic rings. The summed E-state index contributed by atoms with van der Waals surface area (Å²) >= 11 is 0. The molecule has 2 N–H and O–H groups in total. The molecule has 1 heterocycles. The molecule has 1 aromatic heterocycles. The predicted octanol–water partition coefficient (Wildman–Crippen LogP) is 1.16. The van der Waals surface area contributed by atoms with Crippen molar-refractivity contribution in [2.75, 3.05) is 14.1 Å². The average molecular weight is 249 g/mol. The Morgan fingerprint density at radius 3 is 2.78 bits per heavy atom. The highest BCUT2D eigenvalue weighted by atomic mass is 16.6. The van der Waals surface area contributed by atoms with Gasteiger partial charge in [0.15, 0.2) is 0 Å². The molecule has 0 bridgehead atoms. The van der Waals surface area contributed by atoms with E-state index in [1.807, 2.05) is 14.1 Å². The summed E-state index contributed by atoms with van der Waals surface area (Å²) < 4.78 is 5.41. The van der Waals surface area contributed by atoms with Crippen molar-refractivity contribution in [3.05, 3.63) is 40.3 Å². The zero-order valence-corrected chi connectivity index (χ0v) is 10.0. The number of hydrogen-bond acceptors (Lipinski definition) is 4. The summed E-state index contributed by atoms with van der Waals surface area (Å²) in [6.45, 7) is 0. The fourth-order valence-corrected chi connectivity index (χ4v) is 1.64. The van der Waals surface area contributed by atoms with Gasteiger partial charge in [-0.1, -0.05) is 0 Å². The van der Waals surface area contributed by atoms with Crippen LogP contribution >= 0.6 is 0 Å². The summed E-state index contributed by atoms with van der Waals surface area (Å²) in [5.41, 5.74) is 0.256. The Bertz CT molecular complexity index is 628. The molecular weight excluding hydrogens is 236 g/mol. The largest absolute Gasteiger partial charge is 0.508 e. The van der Waals surface area contributed by atoms with E-state index in [0.29, 0.717) is 11.0 Å². The van der Waals surface area contributed by atoms with Crippen LogP contribution in [0.1, 0.15) is 5.76 Å². The molecule has 0 amide bonds. The summed E-state index contributed by atoms with van der Waals surface area (Å²) in [7, 11) is 3.77. The van der Waals surface area contributed by atoms with Gasteiger partial charge in [0.2, 0.25) is 5.76 Å². The van der Waals surface area contributed by atoms with Gasteiger partial charge in [0.1, 0.15) is 16.7 Å². The first-order chi connectivity index (χ1) is 8.49. The lowest BCUT2D eigenvalue weighted by molar-refractivity contribution is -0.800. The van der Waals surface area contributed by atoms with Gasteiger partial charge in [-0.15, -0.1) is 0 Å². The average Bonchev–Trinajstić information content (AvgIpc) is 2.63. The summed E-state index contributed by atoms with van der Waals surface area (Å²) in [4.78, 5) is 11.6. The molecule has 0 spiro atoms. The summed E-state index contributed by atoms with van der Waals surface area (Å²) in [6.07, 6.45) is 3.30. The standard InChI is InChI=1S/C12H12N2O4/c1-13(2)6-5-11-12(14(16)17)9-7-8(15)3-4-10(9)18-11/h3-7,15H,1-2H3/p+1/b6-5+. The number of nitrogens with one attached hydrogen (secondary N) is 1. The first-order valence-corrected chi connectivity index (χ1v) is 5.37. The Morgan fingerprint density at radius 1 is 1.44 bits per heavy atom. The van der Waals surface area contributed by atoms with Crippen LogP contribution in [0.2, 0.25) is 0 Å². The maximum atomic E-state index is 11.1. The van der Waals surface area contributed by atoms with Crippen molar-refractivity contribution in [1.82, 2.24) is 0 Å². The van der Waals surface area contributed by atoms with E-state index in [1.54, 1.807) is 12.3 Å². The van der Waals surface area contributed by atoms with Crippen LogP contribution in [0.15, 0.2) is 28.8 Å². The minimum Gasteiger partial charge on any atom is -0.508 e. The van der Waals surface area contributed by atoms with Crippen molar-refractivity contribution >= 4 is 22.7 Å². The number of benzene rings is 1. The molecule has 2 aromatic rings. The molecule has 6 heteroatoms. The Labute approximate surface area is 103 Å². The van der Waals surface area contributed by atoms with Crippen molar-refractivity contribution in [3.8, 4) is 5.75 Å². The molecule has 0 unspecified atom stereocenters. The van der Waals surface area contributed by atoms with E-state index in [4.69, 9.17) is 4.42 Å². The van der Waals surface area contributed by atoms with Crippen molar-refractivity contribution in [2.45, 2.75) is 0 Å². The molecule has 94 valence electrons. The monoisotopic (exact) mass is 249 g/mol. The Balaban J connectivity index is 2.66. The maximum absolute atomic E-state index is 11.1. The van der Waals surface area contributed by atoms with Gasteiger partial charge < -0.3 is 14.4 Å². The third kappa shape index (κ3) is 2.18. The van der Waals surface area contributed by atoms with Gasteiger partial charge in [0, 0.05) is 6.08 Å². The van der Waals surface area contributed by atoms with Crippen molar-refractivity contribution in [3.63, 3.8) is 0 Å². The number of nitrogens with zero attached hydrogens (tertiary/aromatic N) is 1. The van der Waals surface area contributed by atoms with Gasteiger partial charge in [-0.25, -0.2) is 0 Å². The molecular formula is C12H13N2O4+. The van der Waals surface area contributed by atoms with Crippen LogP contribution in [0.3, 0.4) is 0 Å². The molecule has 2 rings (SSSR count). The van der Waals surface area contributed by atoms with Crippen molar-refractivity contribution in [2.24, 2.45) is 0 Å². The minimum atomic E-state index is -0.504. The predicted molar refractivity (Wildman–Crippen MR) is 66.4 cm³/mol. The minimum absolute atomic E-state index is 0.0276. The Morgan fingerprint density at radius 2 is 2.17 bits per heavy atom. The molecule has 0 aliphatic carbocycles. The van der Waals surface area contributed by atoms with E-state index in [9.17, 15) is 15.2 Å². The molecule has 0 saturated heterocycles. The van der Waals surface area contributed by atoms with Crippen LogP contribution in [0.5, 0.6) is 5.75 Å². The number of hydrogen-bond donors (Lipinski definition) is 2. The molecule has 0 saturated carbocycles. The third-order valence-corrected chi connectivity index (χ3v) is 2.42. The topological polar surface area (TPSA) is 81.0 Å². The van der Waals surface area contributed by atoms with Crippen LogP contribution in [0, 0.1) is 10.1 Å². The molecule has 1 aromatic carbocycles. The highest BCUT2D eigenvalue weighted by molar-refractivity contribution is 5.92. The number of quaternary nitrogens is 1. The molecule has 6 nitrogen and oxygen atoms in total. The SMILES string of the molecule is C[NH+](C)/C=C/c1oc2ccc(O)cc2c1[N+](=O)[O-]. The van der Waals surface area contributed by atoms with E-state index >= 15 is 0 Å². The van der Waals surface area contributed by atoms with E-state index in [-0.39, 0.29) is 17.2 Å². The van der Waals surface area contributed by atoms with Gasteiger partial charge in [0.25, 0.3) is 0 Å². The number of furan rings is 1. The second kappa shape index (κ2) is 4.50. The highest BCUT2D eigenvalue weighted by Crippen LogP contribution is 2.35. The lowest BCUT2D eigenvalue weighted by atomic mass is 10.2. The number of aromatic hydroxyl groups is 1. The molecule has 0 radical (unpaired) electrons. The molecule has 0 aliphatic heterocycles. The van der Waals surface area contributed by atoms with Crippen molar-refractivity contribution < 1.29 is 19.3 Å². The molecule has 0 fully saturated rings. The van der Waals surface area contributed by atoms with Gasteiger partial charge in [-0.3, -0.25) is 10.1 Å². The van der Waals surface area contributed by atoms with Crippen LogP contribution < -0.4 is 4.90 Å². The number of nitro groups is 1. The van der Waals surface area contributed by atoms with Crippen LogP contribution in [0.4, 0.5) is 5.69 Å². The van der Waals surface area contributed by atoms with Gasteiger partial charge in [-0.2, -0.15) is 0 Å². The van der Waals surface area contributed by atoms with Crippen molar-refractivity contribution in [1.29, 1.82) is 0 Å². The normalized spacial score (nSPS) is 11.7. The third-order valence-electron chi connectivity index (χ3n) is 2.42. The zero-order valence-electron chi connectivity index (χ0n) is 10.0. The summed E-state index contributed by atoms with van der Waals surface area (Å²) in [5, 5.41) is 20.8. The number of phenols is 1. The number of rotatable bonds is 3. The summed E-state index contributed by atoms with van der Waals surface area (Å²) in [5.74, 6) is 0.155. The number of fused-ring (bicyclic) bond motifs is 1. The first-order valence-electron chi connectivity index (χ1n) is 5.37. The fraction of sp³-hybridized carbons (Fsp3) is 0.167. The Hall–Kier alpha value is -2.34. The smallest absolute Gasteiger partial charge is 0.322 e.